The fourth-order valence-electron chi connectivity index (χ4n) is 1.75. The zero-order valence-electron chi connectivity index (χ0n) is 8.67. The predicted molar refractivity (Wildman–Crippen MR) is 60.4 cm³/mol. The van der Waals surface area contributed by atoms with Crippen molar-refractivity contribution in [1.29, 1.82) is 0 Å². The molecular formula is C8H18NO4PS. The second kappa shape index (κ2) is 4.73. The lowest BCUT2D eigenvalue weighted by molar-refractivity contribution is 0.254. The van der Waals surface area contributed by atoms with E-state index < -0.39 is 18.8 Å². The zero-order chi connectivity index (χ0) is 11.7. The van der Waals surface area contributed by atoms with Gasteiger partial charge in [0.1, 0.15) is 0 Å². The number of aliphatic hydroxyl groups excluding tert-OH is 1. The van der Waals surface area contributed by atoms with Gasteiger partial charge < -0.3 is 20.6 Å². The topological polar surface area (TPSA) is 104 Å². The molecule has 1 fully saturated rings. The molecule has 0 bridgehead atoms. The van der Waals surface area contributed by atoms with Crippen molar-refractivity contribution >= 4 is 19.4 Å². The second-order valence-electron chi connectivity index (χ2n) is 4.11. The summed E-state index contributed by atoms with van der Waals surface area (Å²) < 4.78 is 9.33. The summed E-state index contributed by atoms with van der Waals surface area (Å²) in [7, 11) is -4.48. The molecular weight excluding hydrogens is 237 g/mol. The maximum atomic E-state index is 11.2. The van der Waals surface area contributed by atoms with Gasteiger partial charge in [0, 0.05) is 5.25 Å². The van der Waals surface area contributed by atoms with Crippen molar-refractivity contribution in [2.45, 2.75) is 36.0 Å². The standard InChI is InChI=1S/C8H18NO4PS/c1-6-3-2-4-7(6)15-8(9,5-10)14(11,12)13/h6-7,10H,2-5,9H2,1H3,(H2,11,12,13)/t6-,7+,8?/m1/s1. The Morgan fingerprint density at radius 3 is 2.47 bits per heavy atom. The minimum atomic E-state index is -4.48. The summed E-state index contributed by atoms with van der Waals surface area (Å²) in [4.78, 5) is 18.2. The van der Waals surface area contributed by atoms with Crippen LogP contribution in [0.15, 0.2) is 0 Å². The Bertz CT molecular complexity index is 271. The van der Waals surface area contributed by atoms with Gasteiger partial charge in [0.25, 0.3) is 0 Å². The first-order chi connectivity index (χ1) is 6.80. The van der Waals surface area contributed by atoms with Gasteiger partial charge in [0.2, 0.25) is 0 Å². The first kappa shape index (κ1) is 13.5. The molecule has 1 unspecified atom stereocenters. The lowest BCUT2D eigenvalue weighted by atomic mass is 10.1. The SMILES string of the molecule is C[C@@H]1CCC[C@@H]1SC(N)(CO)P(=O)(O)O. The molecule has 0 amide bonds. The van der Waals surface area contributed by atoms with E-state index in [2.05, 4.69) is 0 Å². The highest BCUT2D eigenvalue weighted by molar-refractivity contribution is 8.06. The van der Waals surface area contributed by atoms with Crippen LogP contribution in [0.4, 0.5) is 0 Å². The summed E-state index contributed by atoms with van der Waals surface area (Å²) in [5.41, 5.74) is 5.57. The van der Waals surface area contributed by atoms with Crippen LogP contribution in [0.3, 0.4) is 0 Å². The van der Waals surface area contributed by atoms with E-state index in [1.54, 1.807) is 0 Å². The normalized spacial score (nSPS) is 31.5. The van der Waals surface area contributed by atoms with Crippen LogP contribution >= 0.6 is 19.4 Å². The molecule has 0 aromatic carbocycles. The minimum Gasteiger partial charge on any atom is -0.393 e. The van der Waals surface area contributed by atoms with Crippen molar-refractivity contribution in [1.82, 2.24) is 0 Å². The van der Waals surface area contributed by atoms with Crippen LogP contribution < -0.4 is 5.73 Å². The highest BCUT2D eigenvalue weighted by Gasteiger charge is 2.46. The predicted octanol–water partition coefficient (Wildman–Crippen LogP) is 0.691. The molecule has 0 spiro atoms. The van der Waals surface area contributed by atoms with Crippen LogP contribution in [-0.2, 0) is 4.57 Å². The van der Waals surface area contributed by atoms with E-state index in [1.165, 1.54) is 0 Å². The molecule has 15 heavy (non-hydrogen) atoms. The molecule has 1 rings (SSSR count). The van der Waals surface area contributed by atoms with Crippen LogP contribution in [-0.4, -0.2) is 31.4 Å². The summed E-state index contributed by atoms with van der Waals surface area (Å²) in [6.45, 7) is 1.34. The Hall–Kier alpha value is 0.420. The molecule has 0 aliphatic heterocycles. The number of hydrogen-bond acceptors (Lipinski definition) is 4. The molecule has 0 saturated heterocycles. The first-order valence-electron chi connectivity index (χ1n) is 4.93. The molecule has 90 valence electrons. The fourth-order valence-corrected chi connectivity index (χ4v) is 4.14. The largest absolute Gasteiger partial charge is 0.393 e. The molecule has 1 aliphatic rings. The molecule has 7 heteroatoms. The zero-order valence-corrected chi connectivity index (χ0v) is 10.4. The summed E-state index contributed by atoms with van der Waals surface area (Å²) in [5, 5.41) is 9.16. The van der Waals surface area contributed by atoms with Gasteiger partial charge >= 0.3 is 7.60 Å². The molecule has 0 heterocycles. The van der Waals surface area contributed by atoms with Crippen molar-refractivity contribution in [2.75, 3.05) is 6.61 Å². The number of thioether (sulfide) groups is 1. The summed E-state index contributed by atoms with van der Waals surface area (Å²) in [5.74, 6) is 0.399. The Kier molecular flexibility index (Phi) is 4.26. The van der Waals surface area contributed by atoms with Crippen LogP contribution in [0, 0.1) is 5.92 Å². The van der Waals surface area contributed by atoms with Gasteiger partial charge in [-0.2, -0.15) is 0 Å². The van der Waals surface area contributed by atoms with Gasteiger partial charge in [-0.15, -0.1) is 11.8 Å². The second-order valence-corrected chi connectivity index (χ2v) is 7.87. The summed E-state index contributed by atoms with van der Waals surface area (Å²) >= 11 is 1.03. The number of rotatable bonds is 4. The average molecular weight is 255 g/mol. The lowest BCUT2D eigenvalue weighted by Crippen LogP contribution is -2.41. The smallest absolute Gasteiger partial charge is 0.357 e. The first-order valence-corrected chi connectivity index (χ1v) is 7.42. The van der Waals surface area contributed by atoms with Crippen molar-refractivity contribution in [3.63, 3.8) is 0 Å². The Morgan fingerprint density at radius 2 is 2.13 bits per heavy atom. The van der Waals surface area contributed by atoms with E-state index >= 15 is 0 Å². The molecule has 0 aromatic rings. The number of aliphatic hydroxyl groups is 1. The van der Waals surface area contributed by atoms with Crippen molar-refractivity contribution in [3.05, 3.63) is 0 Å². The van der Waals surface area contributed by atoms with Crippen molar-refractivity contribution < 1.29 is 19.5 Å². The van der Waals surface area contributed by atoms with Gasteiger partial charge in [-0.3, -0.25) is 4.57 Å². The fraction of sp³-hybridized carbons (Fsp3) is 1.00. The van der Waals surface area contributed by atoms with Crippen LogP contribution in [0.2, 0.25) is 0 Å². The van der Waals surface area contributed by atoms with Crippen LogP contribution in [0.1, 0.15) is 26.2 Å². The Balaban J connectivity index is 2.72. The molecule has 3 atom stereocenters. The third-order valence-electron chi connectivity index (χ3n) is 2.86. The van der Waals surface area contributed by atoms with E-state index in [0.29, 0.717) is 5.92 Å². The molecule has 0 aromatic heterocycles. The molecule has 5 nitrogen and oxygen atoms in total. The maximum absolute atomic E-state index is 11.2. The van der Waals surface area contributed by atoms with E-state index in [4.69, 9.17) is 20.6 Å². The van der Waals surface area contributed by atoms with Gasteiger partial charge in [-0.25, -0.2) is 0 Å². The molecule has 0 radical (unpaired) electrons. The van der Waals surface area contributed by atoms with Gasteiger partial charge in [-0.05, 0) is 18.8 Å². The highest BCUT2D eigenvalue weighted by Crippen LogP contribution is 2.56. The number of nitrogens with two attached hydrogens (primary N) is 1. The van der Waals surface area contributed by atoms with Gasteiger partial charge in [0.05, 0.1) is 6.61 Å². The third kappa shape index (κ3) is 2.96. The maximum Gasteiger partial charge on any atom is 0.357 e. The van der Waals surface area contributed by atoms with Crippen molar-refractivity contribution in [2.24, 2.45) is 11.7 Å². The number of hydrogen-bond donors (Lipinski definition) is 4. The van der Waals surface area contributed by atoms with Crippen LogP contribution in [0.5, 0.6) is 0 Å². The quantitative estimate of drug-likeness (QED) is 0.435. The van der Waals surface area contributed by atoms with E-state index in [0.717, 1.165) is 31.0 Å². The van der Waals surface area contributed by atoms with Crippen molar-refractivity contribution in [3.8, 4) is 0 Å². The lowest BCUT2D eigenvalue weighted by Gasteiger charge is -2.31. The third-order valence-corrected chi connectivity index (χ3v) is 6.56. The monoisotopic (exact) mass is 255 g/mol. The molecule has 1 saturated carbocycles. The summed E-state index contributed by atoms with van der Waals surface area (Å²) in [6.07, 6.45) is 3.02. The van der Waals surface area contributed by atoms with Gasteiger partial charge in [-0.1, -0.05) is 13.3 Å². The van der Waals surface area contributed by atoms with E-state index in [1.807, 2.05) is 6.92 Å². The molecule has 5 N–H and O–H groups in total. The van der Waals surface area contributed by atoms with Crippen LogP contribution in [0.25, 0.3) is 0 Å². The summed E-state index contributed by atoms with van der Waals surface area (Å²) in [6, 6.07) is 0. The Morgan fingerprint density at radius 1 is 1.53 bits per heavy atom. The van der Waals surface area contributed by atoms with E-state index in [-0.39, 0.29) is 5.25 Å². The minimum absolute atomic E-state index is 0.134. The average Bonchev–Trinajstić information content (AvgIpc) is 2.50. The Labute approximate surface area is 93.6 Å². The van der Waals surface area contributed by atoms with Gasteiger partial charge in [0.15, 0.2) is 4.61 Å². The highest BCUT2D eigenvalue weighted by atomic mass is 32.2. The molecule has 1 aliphatic carbocycles. The van der Waals surface area contributed by atoms with E-state index in [9.17, 15) is 4.57 Å².